The molecule has 17 heavy (non-hydrogen) atoms. The molecule has 102 valence electrons. The lowest BCUT2D eigenvalue weighted by molar-refractivity contribution is -0.131. The summed E-state index contributed by atoms with van der Waals surface area (Å²) >= 11 is 0. The minimum atomic E-state index is 0. The quantitative estimate of drug-likeness (QED) is 0.799. The van der Waals surface area contributed by atoms with Crippen molar-refractivity contribution in [1.82, 2.24) is 4.90 Å². The Morgan fingerprint density at radius 3 is 2.41 bits per heavy atom. The van der Waals surface area contributed by atoms with Crippen LogP contribution in [-0.2, 0) is 4.79 Å². The predicted molar refractivity (Wildman–Crippen MR) is 74.3 cm³/mol. The molecule has 0 aliphatic heterocycles. The van der Waals surface area contributed by atoms with Gasteiger partial charge in [0.05, 0.1) is 0 Å². The molecule has 1 atom stereocenters. The van der Waals surface area contributed by atoms with E-state index in [0.29, 0.717) is 17.7 Å². The van der Waals surface area contributed by atoms with Gasteiger partial charge in [-0.25, -0.2) is 0 Å². The highest BCUT2D eigenvalue weighted by Crippen LogP contribution is 2.29. The Balaban J connectivity index is 0.00000256. The normalized spacial score (nSPS) is 17.2. The average molecular weight is 263 g/mol. The average Bonchev–Trinajstić information content (AvgIpc) is 2.18. The van der Waals surface area contributed by atoms with Crippen LogP contribution >= 0.6 is 12.4 Å². The summed E-state index contributed by atoms with van der Waals surface area (Å²) in [7, 11) is 1.90. The highest BCUT2D eigenvalue weighted by Gasteiger charge is 2.22. The fraction of sp³-hybridized carbons (Fsp3) is 0.923. The third-order valence-corrected chi connectivity index (χ3v) is 3.77. The number of halogens is 1. The summed E-state index contributed by atoms with van der Waals surface area (Å²) in [6, 6.07) is 0.207. The maximum atomic E-state index is 11.8. The van der Waals surface area contributed by atoms with E-state index in [0.717, 1.165) is 19.4 Å². The summed E-state index contributed by atoms with van der Waals surface area (Å²) in [5.41, 5.74) is 5.97. The Hall–Kier alpha value is -0.280. The van der Waals surface area contributed by atoms with E-state index in [1.807, 2.05) is 11.9 Å². The molecule has 0 aromatic heterocycles. The topological polar surface area (TPSA) is 46.3 Å². The van der Waals surface area contributed by atoms with Gasteiger partial charge in [-0.1, -0.05) is 20.3 Å². The van der Waals surface area contributed by atoms with Crippen LogP contribution in [0.2, 0.25) is 0 Å². The number of hydrogen-bond donors (Lipinski definition) is 1. The zero-order valence-corrected chi connectivity index (χ0v) is 12.1. The zero-order chi connectivity index (χ0) is 12.1. The molecule has 1 fully saturated rings. The first-order chi connectivity index (χ1) is 7.50. The van der Waals surface area contributed by atoms with Gasteiger partial charge in [0.2, 0.25) is 5.91 Å². The Morgan fingerprint density at radius 1 is 1.41 bits per heavy atom. The van der Waals surface area contributed by atoms with E-state index < -0.39 is 0 Å². The molecule has 3 nitrogen and oxygen atoms in total. The van der Waals surface area contributed by atoms with Gasteiger partial charge in [0.15, 0.2) is 0 Å². The molecule has 0 radical (unpaired) electrons. The van der Waals surface area contributed by atoms with Crippen LogP contribution in [0.1, 0.15) is 46.0 Å². The number of rotatable bonds is 6. The van der Waals surface area contributed by atoms with Crippen molar-refractivity contribution in [2.75, 3.05) is 13.6 Å². The second-order valence-electron chi connectivity index (χ2n) is 5.51. The predicted octanol–water partition coefficient (Wildman–Crippen LogP) is 2.43. The number of hydrogen-bond acceptors (Lipinski definition) is 2. The van der Waals surface area contributed by atoms with Crippen molar-refractivity contribution in [2.24, 2.45) is 17.6 Å². The molecule has 0 aromatic rings. The van der Waals surface area contributed by atoms with Crippen LogP contribution in [0.5, 0.6) is 0 Å². The first-order valence-corrected chi connectivity index (χ1v) is 6.50. The van der Waals surface area contributed by atoms with Crippen LogP contribution in [0, 0.1) is 11.8 Å². The molecule has 2 N–H and O–H groups in total. The van der Waals surface area contributed by atoms with Gasteiger partial charge in [0.1, 0.15) is 0 Å². The van der Waals surface area contributed by atoms with Crippen molar-refractivity contribution in [1.29, 1.82) is 0 Å². The fourth-order valence-corrected chi connectivity index (χ4v) is 1.90. The number of nitrogens with two attached hydrogens (primary N) is 1. The maximum Gasteiger partial charge on any atom is 0.222 e. The van der Waals surface area contributed by atoms with Crippen molar-refractivity contribution in [3.05, 3.63) is 0 Å². The van der Waals surface area contributed by atoms with Crippen molar-refractivity contribution in [3.8, 4) is 0 Å². The SMILES string of the molecule is CC(C)C(N)CCN(C)C(=O)CC1CCC1.Cl. The standard InChI is InChI=1S/C13H26N2O.ClH/c1-10(2)12(14)7-8-15(3)13(16)9-11-5-4-6-11;/h10-12H,4-9,14H2,1-3H3;1H. The molecular formula is C13H27ClN2O. The van der Waals surface area contributed by atoms with Gasteiger partial charge >= 0.3 is 0 Å². The molecule has 1 amide bonds. The Labute approximate surface area is 112 Å². The largest absolute Gasteiger partial charge is 0.346 e. The van der Waals surface area contributed by atoms with Gasteiger partial charge in [-0.3, -0.25) is 4.79 Å². The maximum absolute atomic E-state index is 11.8. The molecule has 1 rings (SSSR count). The van der Waals surface area contributed by atoms with E-state index in [-0.39, 0.29) is 18.4 Å². The summed E-state index contributed by atoms with van der Waals surface area (Å²) < 4.78 is 0. The molecule has 4 heteroatoms. The van der Waals surface area contributed by atoms with Crippen molar-refractivity contribution in [3.63, 3.8) is 0 Å². The lowest BCUT2D eigenvalue weighted by Gasteiger charge is -2.28. The third kappa shape index (κ3) is 5.73. The van der Waals surface area contributed by atoms with E-state index in [1.54, 1.807) is 0 Å². The summed E-state index contributed by atoms with van der Waals surface area (Å²) in [5, 5.41) is 0. The van der Waals surface area contributed by atoms with E-state index in [2.05, 4.69) is 13.8 Å². The fourth-order valence-electron chi connectivity index (χ4n) is 1.90. The van der Waals surface area contributed by atoms with Crippen molar-refractivity contribution < 1.29 is 4.79 Å². The van der Waals surface area contributed by atoms with E-state index in [1.165, 1.54) is 19.3 Å². The second kappa shape index (κ2) is 7.93. The van der Waals surface area contributed by atoms with Crippen LogP contribution in [0.25, 0.3) is 0 Å². The second-order valence-corrected chi connectivity index (χ2v) is 5.51. The first kappa shape index (κ1) is 16.7. The molecule has 1 aliphatic carbocycles. The number of nitrogens with zero attached hydrogens (tertiary/aromatic N) is 1. The molecule has 1 saturated carbocycles. The minimum Gasteiger partial charge on any atom is -0.346 e. The highest BCUT2D eigenvalue weighted by molar-refractivity contribution is 5.85. The van der Waals surface area contributed by atoms with Crippen LogP contribution in [0.15, 0.2) is 0 Å². The summed E-state index contributed by atoms with van der Waals surface area (Å²) in [6.07, 6.45) is 5.44. The summed E-state index contributed by atoms with van der Waals surface area (Å²) in [5.74, 6) is 1.45. The van der Waals surface area contributed by atoms with Gasteiger partial charge < -0.3 is 10.6 Å². The Bertz CT molecular complexity index is 229. The Kier molecular flexibility index (Phi) is 7.80. The van der Waals surface area contributed by atoms with Crippen LogP contribution in [-0.4, -0.2) is 30.4 Å². The third-order valence-electron chi connectivity index (χ3n) is 3.77. The minimum absolute atomic E-state index is 0. The van der Waals surface area contributed by atoms with Gasteiger partial charge in [0, 0.05) is 26.1 Å². The molecule has 0 saturated heterocycles. The zero-order valence-electron chi connectivity index (χ0n) is 11.3. The van der Waals surface area contributed by atoms with Gasteiger partial charge in [-0.05, 0) is 31.1 Å². The van der Waals surface area contributed by atoms with Crippen molar-refractivity contribution >= 4 is 18.3 Å². The van der Waals surface area contributed by atoms with Crippen LogP contribution in [0.4, 0.5) is 0 Å². The van der Waals surface area contributed by atoms with Gasteiger partial charge in [0.25, 0.3) is 0 Å². The molecule has 0 aromatic carbocycles. The molecule has 1 aliphatic rings. The number of amides is 1. The highest BCUT2D eigenvalue weighted by atomic mass is 35.5. The monoisotopic (exact) mass is 262 g/mol. The Morgan fingerprint density at radius 2 is 2.00 bits per heavy atom. The molecule has 0 spiro atoms. The van der Waals surface area contributed by atoms with Crippen molar-refractivity contribution in [2.45, 2.75) is 52.0 Å². The molecule has 0 heterocycles. The molecule has 0 bridgehead atoms. The number of carbonyl (C=O) groups is 1. The van der Waals surface area contributed by atoms with E-state index in [4.69, 9.17) is 5.73 Å². The molecule has 1 unspecified atom stereocenters. The van der Waals surface area contributed by atoms with Crippen LogP contribution in [0.3, 0.4) is 0 Å². The summed E-state index contributed by atoms with van der Waals surface area (Å²) in [4.78, 5) is 13.7. The lowest BCUT2D eigenvalue weighted by atomic mass is 9.83. The lowest BCUT2D eigenvalue weighted by Crippen LogP contribution is -2.35. The van der Waals surface area contributed by atoms with Gasteiger partial charge in [-0.15, -0.1) is 12.4 Å². The van der Waals surface area contributed by atoms with E-state index >= 15 is 0 Å². The number of carbonyl (C=O) groups excluding carboxylic acids is 1. The van der Waals surface area contributed by atoms with Gasteiger partial charge in [-0.2, -0.15) is 0 Å². The van der Waals surface area contributed by atoms with Crippen LogP contribution < -0.4 is 5.73 Å². The first-order valence-electron chi connectivity index (χ1n) is 6.50. The van der Waals surface area contributed by atoms with E-state index in [9.17, 15) is 4.79 Å². The smallest absolute Gasteiger partial charge is 0.222 e. The molecular weight excluding hydrogens is 236 g/mol. The summed E-state index contributed by atoms with van der Waals surface area (Å²) in [6.45, 7) is 5.05.